The number of aromatic nitrogens is 1. The van der Waals surface area contributed by atoms with Gasteiger partial charge in [-0.15, -0.1) is 0 Å². The highest BCUT2D eigenvalue weighted by molar-refractivity contribution is 5.60. The van der Waals surface area contributed by atoms with Crippen LogP contribution in [0.3, 0.4) is 0 Å². The average Bonchev–Trinajstić information content (AvgIpc) is 2.80. The molecule has 0 radical (unpaired) electrons. The molecule has 0 bridgehead atoms. The van der Waals surface area contributed by atoms with Crippen molar-refractivity contribution in [3.05, 3.63) is 53.5 Å². The van der Waals surface area contributed by atoms with Crippen molar-refractivity contribution in [2.45, 2.75) is 110 Å². The van der Waals surface area contributed by atoms with Crippen molar-refractivity contribution in [2.24, 2.45) is 5.92 Å². The van der Waals surface area contributed by atoms with Crippen molar-refractivity contribution in [2.75, 3.05) is 0 Å². The predicted molar refractivity (Wildman–Crippen MR) is 131 cm³/mol. The van der Waals surface area contributed by atoms with Crippen LogP contribution in [0.2, 0.25) is 0 Å². The highest BCUT2D eigenvalue weighted by Crippen LogP contribution is 2.38. The first kappa shape index (κ1) is 24.0. The lowest BCUT2D eigenvalue weighted by molar-refractivity contribution is 0.301. The molecule has 0 atom stereocenters. The largest absolute Gasteiger partial charge is 0.256 e. The number of aryl methyl sites for hydroxylation is 1. The van der Waals surface area contributed by atoms with E-state index in [1.807, 2.05) is 18.3 Å². The second-order valence-electron chi connectivity index (χ2n) is 9.67. The molecule has 31 heavy (non-hydrogen) atoms. The zero-order valence-corrected chi connectivity index (χ0v) is 19.8. The molecular weight excluding hydrogens is 381 g/mol. The van der Waals surface area contributed by atoms with E-state index < -0.39 is 0 Å². The Morgan fingerprint density at radius 2 is 1.58 bits per heavy atom. The van der Waals surface area contributed by atoms with Crippen LogP contribution >= 0.6 is 0 Å². The lowest BCUT2D eigenvalue weighted by atomic mass is 9.77. The Balaban J connectivity index is 1.49. The Kier molecular flexibility index (Phi) is 10.0. The van der Waals surface area contributed by atoms with E-state index in [4.69, 9.17) is 0 Å². The van der Waals surface area contributed by atoms with Crippen LogP contribution in [-0.2, 0) is 6.42 Å². The quantitative estimate of drug-likeness (QED) is 0.310. The molecule has 0 aliphatic heterocycles. The Hall–Kier alpha value is -1.70. The van der Waals surface area contributed by atoms with Crippen LogP contribution in [-0.4, -0.2) is 4.98 Å². The van der Waals surface area contributed by atoms with Gasteiger partial charge in [0.2, 0.25) is 0 Å². The van der Waals surface area contributed by atoms with E-state index in [0.717, 1.165) is 30.0 Å². The van der Waals surface area contributed by atoms with Gasteiger partial charge in [-0.05, 0) is 79.7 Å². The van der Waals surface area contributed by atoms with Crippen molar-refractivity contribution in [3.8, 4) is 11.3 Å². The highest BCUT2D eigenvalue weighted by atomic mass is 19.1. The third-order valence-electron chi connectivity index (χ3n) is 7.20. The predicted octanol–water partition coefficient (Wildman–Crippen LogP) is 9.25. The molecule has 3 rings (SSSR count). The Morgan fingerprint density at radius 3 is 2.26 bits per heavy atom. The van der Waals surface area contributed by atoms with Crippen molar-refractivity contribution < 1.29 is 4.39 Å². The number of halogens is 1. The topological polar surface area (TPSA) is 12.9 Å². The molecule has 1 heterocycles. The molecule has 0 N–H and O–H groups in total. The fraction of sp³-hybridized carbons (Fsp3) is 0.621. The Bertz CT molecular complexity index is 759. The summed E-state index contributed by atoms with van der Waals surface area (Å²) in [5, 5.41) is 0. The van der Waals surface area contributed by atoms with E-state index in [2.05, 4.69) is 31.0 Å². The van der Waals surface area contributed by atoms with E-state index in [1.54, 1.807) is 6.07 Å². The lowest BCUT2D eigenvalue weighted by Gasteiger charge is -2.28. The average molecular weight is 424 g/mol. The maximum atomic E-state index is 14.7. The molecule has 1 aromatic heterocycles. The third kappa shape index (κ3) is 7.44. The molecule has 1 aliphatic carbocycles. The van der Waals surface area contributed by atoms with Gasteiger partial charge >= 0.3 is 0 Å². The Morgan fingerprint density at radius 1 is 0.839 bits per heavy atom. The van der Waals surface area contributed by atoms with E-state index in [0.29, 0.717) is 11.5 Å². The summed E-state index contributed by atoms with van der Waals surface area (Å²) < 4.78 is 14.7. The monoisotopic (exact) mass is 423 g/mol. The number of rotatable bonds is 12. The summed E-state index contributed by atoms with van der Waals surface area (Å²) in [6.07, 6.45) is 20.1. The van der Waals surface area contributed by atoms with Gasteiger partial charge < -0.3 is 0 Å². The van der Waals surface area contributed by atoms with Gasteiger partial charge in [-0.2, -0.15) is 0 Å². The summed E-state index contributed by atoms with van der Waals surface area (Å²) in [6, 6.07) is 9.87. The first-order valence-corrected chi connectivity index (χ1v) is 13.0. The van der Waals surface area contributed by atoms with Crippen molar-refractivity contribution in [1.82, 2.24) is 4.98 Å². The molecule has 0 amide bonds. The molecule has 0 saturated heterocycles. The minimum Gasteiger partial charge on any atom is -0.256 e. The van der Waals surface area contributed by atoms with Gasteiger partial charge in [-0.25, -0.2) is 4.39 Å². The number of hydrogen-bond donors (Lipinski definition) is 0. The van der Waals surface area contributed by atoms with Crippen molar-refractivity contribution in [3.63, 3.8) is 0 Å². The number of pyridine rings is 1. The summed E-state index contributed by atoms with van der Waals surface area (Å²) >= 11 is 0. The molecular formula is C29H42FN. The second-order valence-corrected chi connectivity index (χ2v) is 9.67. The second kappa shape index (κ2) is 13.0. The summed E-state index contributed by atoms with van der Waals surface area (Å²) in [4.78, 5) is 4.65. The van der Waals surface area contributed by atoms with Gasteiger partial charge in [-0.1, -0.05) is 77.3 Å². The number of benzene rings is 1. The number of unbranched alkanes of at least 4 members (excludes halogenated alkanes) is 6. The molecule has 1 saturated carbocycles. The smallest absolute Gasteiger partial charge is 0.132 e. The summed E-state index contributed by atoms with van der Waals surface area (Å²) in [5.74, 6) is 1.41. The fourth-order valence-electron chi connectivity index (χ4n) is 5.13. The first-order valence-electron chi connectivity index (χ1n) is 13.0. The van der Waals surface area contributed by atoms with Gasteiger partial charge in [0.05, 0.1) is 5.69 Å². The van der Waals surface area contributed by atoms with Crippen molar-refractivity contribution in [1.29, 1.82) is 0 Å². The number of hydrogen-bond acceptors (Lipinski definition) is 1. The van der Waals surface area contributed by atoms with Crippen LogP contribution in [0.5, 0.6) is 0 Å². The van der Waals surface area contributed by atoms with Crippen LogP contribution < -0.4 is 0 Å². The van der Waals surface area contributed by atoms with Gasteiger partial charge in [0.25, 0.3) is 0 Å². The Labute approximate surface area is 189 Å². The minimum atomic E-state index is -0.145. The number of nitrogens with zero attached hydrogens (tertiary/aromatic N) is 1. The van der Waals surface area contributed by atoms with Gasteiger partial charge in [-0.3, -0.25) is 4.98 Å². The normalized spacial score (nSPS) is 18.9. The SMILES string of the molecule is CCCCCCC[C@H]1CC[C@H](c2ccc(-c3ccc(CCCCC)cc3F)nc2)CC1. The van der Waals surface area contributed by atoms with Gasteiger partial charge in [0.15, 0.2) is 0 Å². The van der Waals surface area contributed by atoms with E-state index in [9.17, 15) is 4.39 Å². The lowest BCUT2D eigenvalue weighted by Crippen LogP contribution is -2.13. The molecule has 0 spiro atoms. The van der Waals surface area contributed by atoms with Gasteiger partial charge in [0, 0.05) is 11.8 Å². The fourth-order valence-corrected chi connectivity index (χ4v) is 5.13. The standard InChI is InChI=1S/C29H42FN/c1-3-5-7-8-10-11-23-13-16-25(17-14-23)26-18-20-29(31-22-26)27-19-15-24(21-28(27)30)12-9-6-4-2/h15,18-23,25H,3-14,16-17H2,1-2H3/t23-,25-. The molecule has 1 fully saturated rings. The van der Waals surface area contributed by atoms with Crippen molar-refractivity contribution >= 4 is 0 Å². The van der Waals surface area contributed by atoms with Crippen LogP contribution in [0.4, 0.5) is 4.39 Å². The first-order chi connectivity index (χ1) is 15.2. The van der Waals surface area contributed by atoms with E-state index in [1.165, 1.54) is 82.6 Å². The summed E-state index contributed by atoms with van der Waals surface area (Å²) in [6.45, 7) is 4.48. The van der Waals surface area contributed by atoms with Gasteiger partial charge in [0.1, 0.15) is 5.82 Å². The maximum absolute atomic E-state index is 14.7. The zero-order chi connectivity index (χ0) is 21.9. The molecule has 170 valence electrons. The maximum Gasteiger partial charge on any atom is 0.132 e. The molecule has 1 nitrogen and oxygen atoms in total. The van der Waals surface area contributed by atoms with E-state index in [-0.39, 0.29) is 5.82 Å². The highest BCUT2D eigenvalue weighted by Gasteiger charge is 2.22. The molecule has 2 heteroatoms. The van der Waals surface area contributed by atoms with Crippen LogP contribution in [0, 0.1) is 11.7 Å². The minimum absolute atomic E-state index is 0.145. The molecule has 0 unspecified atom stereocenters. The third-order valence-corrected chi connectivity index (χ3v) is 7.20. The summed E-state index contributed by atoms with van der Waals surface area (Å²) in [5.41, 5.74) is 3.80. The molecule has 2 aromatic rings. The molecule has 1 aromatic carbocycles. The summed E-state index contributed by atoms with van der Waals surface area (Å²) in [7, 11) is 0. The van der Waals surface area contributed by atoms with E-state index >= 15 is 0 Å². The van der Waals surface area contributed by atoms with Crippen LogP contribution in [0.25, 0.3) is 11.3 Å². The van der Waals surface area contributed by atoms with Crippen LogP contribution in [0.15, 0.2) is 36.5 Å². The van der Waals surface area contributed by atoms with Crippen LogP contribution in [0.1, 0.15) is 114 Å². The molecule has 1 aliphatic rings. The zero-order valence-electron chi connectivity index (χ0n) is 19.8.